The molecule has 0 unspecified atom stereocenters. The number of rotatable bonds is 7. The molecule has 7 rings (SSSR count). The molecular weight excluding hydrogens is 563 g/mol. The number of nitrogens with one attached hydrogen (secondary N) is 2. The van der Waals surface area contributed by atoms with Crippen molar-refractivity contribution in [2.45, 2.75) is 45.6 Å². The van der Waals surface area contributed by atoms with E-state index in [1.165, 1.54) is 11.0 Å². The van der Waals surface area contributed by atoms with E-state index in [0.717, 1.165) is 31.2 Å². The smallest absolute Gasteiger partial charge is 0.407 e. The number of fused-ring (bicyclic) bond motifs is 1. The van der Waals surface area contributed by atoms with Crippen molar-refractivity contribution in [3.8, 4) is 22.9 Å². The molecule has 44 heavy (non-hydrogen) atoms. The molecule has 3 fully saturated rings. The third-order valence-corrected chi connectivity index (χ3v) is 9.11. The molecule has 1 saturated heterocycles. The molecule has 1 spiro atoms. The summed E-state index contributed by atoms with van der Waals surface area (Å²) in [6, 6.07) is 11.9. The first-order valence-electron chi connectivity index (χ1n) is 14.9. The zero-order valence-electron chi connectivity index (χ0n) is 24.5. The third-order valence-electron chi connectivity index (χ3n) is 9.11. The SMILES string of the molecule is Cc1ccc2c(NC(=O)[C@H]3CC34CC4)c(F)ccc2c1Oc1ncccc1-c1ccnc(N[C@H]2C[C@@H](C)CN(C(=O)O)C2)n1. The van der Waals surface area contributed by atoms with E-state index >= 15 is 4.39 Å². The second-order valence-electron chi connectivity index (χ2n) is 12.4. The number of aryl methyl sites for hydroxylation is 1. The van der Waals surface area contributed by atoms with Crippen LogP contribution in [0.5, 0.6) is 11.6 Å². The van der Waals surface area contributed by atoms with Gasteiger partial charge in [-0.05, 0) is 79.8 Å². The first kappa shape index (κ1) is 28.0. The van der Waals surface area contributed by atoms with Gasteiger partial charge in [0.05, 0.1) is 16.9 Å². The number of carbonyl (C=O) groups excluding carboxylic acids is 1. The van der Waals surface area contributed by atoms with E-state index < -0.39 is 11.9 Å². The molecule has 3 heterocycles. The number of nitrogens with zero attached hydrogens (tertiary/aromatic N) is 4. The molecule has 2 aromatic heterocycles. The molecule has 3 atom stereocenters. The molecule has 226 valence electrons. The molecule has 1 aliphatic heterocycles. The summed E-state index contributed by atoms with van der Waals surface area (Å²) in [6.45, 7) is 4.77. The highest BCUT2D eigenvalue weighted by Crippen LogP contribution is 2.70. The zero-order chi connectivity index (χ0) is 30.6. The third kappa shape index (κ3) is 5.27. The number of hydrogen-bond acceptors (Lipinski definition) is 7. The van der Waals surface area contributed by atoms with Gasteiger partial charge in [-0.25, -0.2) is 24.1 Å². The van der Waals surface area contributed by atoms with Gasteiger partial charge in [-0.1, -0.05) is 19.1 Å². The molecule has 4 aromatic rings. The number of hydrogen-bond donors (Lipinski definition) is 3. The number of carboxylic acid groups (broad SMARTS) is 1. The first-order valence-corrected chi connectivity index (χ1v) is 14.9. The maximum Gasteiger partial charge on any atom is 0.407 e. The quantitative estimate of drug-likeness (QED) is 0.221. The molecule has 2 amide bonds. The van der Waals surface area contributed by atoms with Gasteiger partial charge in [-0.2, -0.15) is 0 Å². The molecule has 11 heteroatoms. The summed E-state index contributed by atoms with van der Waals surface area (Å²) in [4.78, 5) is 39.5. The van der Waals surface area contributed by atoms with Crippen LogP contribution in [0.1, 0.15) is 38.2 Å². The van der Waals surface area contributed by atoms with Gasteiger partial charge in [0.15, 0.2) is 0 Å². The Bertz CT molecular complexity index is 1790. The standard InChI is InChI=1S/C33H33FN6O4/c1-18-14-20(17-40(16-18)32(42)43)37-31-36-13-9-26(38-31)23-4-3-12-35-30(23)44-28-19(2)5-6-21-22(28)7-8-25(34)27(21)39-29(41)24-15-33(24)10-11-33/h3-9,12-13,18,20,24H,10-11,14-17H2,1-2H3,(H,39,41)(H,42,43)(H,36,37,38)/t18-,20+,24-/m1/s1. The molecule has 2 aliphatic carbocycles. The van der Waals surface area contributed by atoms with Crippen LogP contribution in [0.3, 0.4) is 0 Å². The number of ether oxygens (including phenoxy) is 1. The molecular formula is C33H33FN6O4. The molecule has 0 bridgehead atoms. The topological polar surface area (TPSA) is 130 Å². The minimum Gasteiger partial charge on any atom is -0.465 e. The highest BCUT2D eigenvalue weighted by molar-refractivity contribution is 6.06. The lowest BCUT2D eigenvalue weighted by Crippen LogP contribution is -2.47. The van der Waals surface area contributed by atoms with Crippen LogP contribution in [0.4, 0.5) is 20.8 Å². The fourth-order valence-electron chi connectivity index (χ4n) is 6.50. The number of likely N-dealkylation sites (tertiary alicyclic amines) is 1. The minimum absolute atomic E-state index is 0.0423. The fraction of sp³-hybridized carbons (Fsp3) is 0.364. The molecule has 0 radical (unpaired) electrons. The van der Waals surface area contributed by atoms with Crippen LogP contribution in [-0.2, 0) is 4.79 Å². The van der Waals surface area contributed by atoms with Crippen LogP contribution in [0, 0.1) is 30.0 Å². The number of pyridine rings is 1. The van der Waals surface area contributed by atoms with Gasteiger partial charge < -0.3 is 25.4 Å². The summed E-state index contributed by atoms with van der Waals surface area (Å²) in [5.74, 6) is 0.718. The lowest BCUT2D eigenvalue weighted by molar-refractivity contribution is -0.117. The van der Waals surface area contributed by atoms with Crippen molar-refractivity contribution in [2.75, 3.05) is 23.7 Å². The largest absolute Gasteiger partial charge is 0.465 e. The Morgan fingerprint density at radius 1 is 1.07 bits per heavy atom. The summed E-state index contributed by atoms with van der Waals surface area (Å²) in [6.07, 6.45) is 6.13. The number of aromatic nitrogens is 3. The van der Waals surface area contributed by atoms with Crippen molar-refractivity contribution in [3.63, 3.8) is 0 Å². The minimum atomic E-state index is -0.939. The summed E-state index contributed by atoms with van der Waals surface area (Å²) >= 11 is 0. The number of carbonyl (C=O) groups is 2. The van der Waals surface area contributed by atoms with Gasteiger partial charge in [0.25, 0.3) is 0 Å². The summed E-state index contributed by atoms with van der Waals surface area (Å²) in [5, 5.41) is 16.9. The van der Waals surface area contributed by atoms with Gasteiger partial charge in [0.1, 0.15) is 11.6 Å². The second-order valence-corrected chi connectivity index (χ2v) is 12.4. The molecule has 2 saturated carbocycles. The molecule has 3 N–H and O–H groups in total. The zero-order valence-corrected chi connectivity index (χ0v) is 24.5. The van der Waals surface area contributed by atoms with Crippen molar-refractivity contribution >= 4 is 34.4 Å². The number of halogens is 1. The Labute approximate surface area is 253 Å². The van der Waals surface area contributed by atoms with Crippen LogP contribution >= 0.6 is 0 Å². The first-order chi connectivity index (χ1) is 21.2. The van der Waals surface area contributed by atoms with Gasteiger partial charge >= 0.3 is 6.09 Å². The monoisotopic (exact) mass is 596 g/mol. The van der Waals surface area contributed by atoms with E-state index in [1.54, 1.807) is 36.7 Å². The van der Waals surface area contributed by atoms with Gasteiger partial charge in [-0.15, -0.1) is 0 Å². The van der Waals surface area contributed by atoms with E-state index in [-0.39, 0.29) is 34.9 Å². The van der Waals surface area contributed by atoms with Crippen molar-refractivity contribution in [1.29, 1.82) is 0 Å². The van der Waals surface area contributed by atoms with E-state index in [2.05, 4.69) is 20.6 Å². The Balaban J connectivity index is 1.17. The van der Waals surface area contributed by atoms with Gasteiger partial charge in [0, 0.05) is 48.2 Å². The Morgan fingerprint density at radius 3 is 2.66 bits per heavy atom. The Morgan fingerprint density at radius 2 is 1.89 bits per heavy atom. The highest BCUT2D eigenvalue weighted by atomic mass is 19.1. The van der Waals surface area contributed by atoms with Crippen molar-refractivity contribution in [3.05, 3.63) is 66.2 Å². The van der Waals surface area contributed by atoms with Crippen LogP contribution in [0.15, 0.2) is 54.9 Å². The summed E-state index contributed by atoms with van der Waals surface area (Å²) in [7, 11) is 0. The van der Waals surface area contributed by atoms with E-state index in [1.807, 2.05) is 26.0 Å². The molecule has 10 nitrogen and oxygen atoms in total. The van der Waals surface area contributed by atoms with Crippen LogP contribution in [0.25, 0.3) is 22.0 Å². The average molecular weight is 597 g/mol. The second kappa shape index (κ2) is 10.7. The summed E-state index contributed by atoms with van der Waals surface area (Å²) < 4.78 is 21.5. The predicted octanol–water partition coefficient (Wildman–Crippen LogP) is 6.47. The maximum absolute atomic E-state index is 15.1. The van der Waals surface area contributed by atoms with E-state index in [9.17, 15) is 14.7 Å². The van der Waals surface area contributed by atoms with Crippen molar-refractivity contribution < 1.29 is 23.8 Å². The fourth-order valence-corrected chi connectivity index (χ4v) is 6.50. The average Bonchev–Trinajstić information content (AvgIpc) is 3.94. The molecule has 3 aliphatic rings. The number of amides is 2. The Hall–Kier alpha value is -4.80. The number of piperidine rings is 1. The summed E-state index contributed by atoms with van der Waals surface area (Å²) in [5.41, 5.74) is 2.33. The number of benzene rings is 2. The van der Waals surface area contributed by atoms with Gasteiger partial charge in [0.2, 0.25) is 17.7 Å². The van der Waals surface area contributed by atoms with E-state index in [0.29, 0.717) is 52.7 Å². The molecule has 2 aromatic carbocycles. The van der Waals surface area contributed by atoms with Crippen molar-refractivity contribution in [1.82, 2.24) is 19.9 Å². The highest BCUT2D eigenvalue weighted by Gasteiger charge is 2.65. The predicted molar refractivity (Wildman–Crippen MR) is 163 cm³/mol. The van der Waals surface area contributed by atoms with Gasteiger partial charge in [-0.3, -0.25) is 4.79 Å². The number of anilines is 2. The van der Waals surface area contributed by atoms with Crippen LogP contribution < -0.4 is 15.4 Å². The lowest BCUT2D eigenvalue weighted by atomic mass is 9.96. The van der Waals surface area contributed by atoms with Crippen LogP contribution in [-0.4, -0.2) is 56.1 Å². The van der Waals surface area contributed by atoms with Crippen LogP contribution in [0.2, 0.25) is 0 Å². The van der Waals surface area contributed by atoms with Crippen molar-refractivity contribution in [2.24, 2.45) is 17.3 Å². The van der Waals surface area contributed by atoms with E-state index in [4.69, 9.17) is 9.72 Å². The maximum atomic E-state index is 15.1. The normalized spacial score (nSPS) is 21.6. The Kier molecular flexibility index (Phi) is 6.83. The lowest BCUT2D eigenvalue weighted by Gasteiger charge is -2.35.